The van der Waals surface area contributed by atoms with Crippen molar-refractivity contribution in [3.8, 4) is 5.75 Å². The maximum atomic E-state index is 12.1. The Hall–Kier alpha value is -1.96. The van der Waals surface area contributed by atoms with E-state index in [1.165, 1.54) is 23.1 Å². The number of aliphatic hydroxyl groups excluding tert-OH is 1. The van der Waals surface area contributed by atoms with Gasteiger partial charge in [-0.1, -0.05) is 6.07 Å². The van der Waals surface area contributed by atoms with Crippen LogP contribution in [-0.2, 0) is 0 Å². The summed E-state index contributed by atoms with van der Waals surface area (Å²) in [6.07, 6.45) is -2.87. The first kappa shape index (κ1) is 16.4. The third-order valence-electron chi connectivity index (χ3n) is 3.34. The fraction of sp³-hybridized carbons (Fsp3) is 0.500. The number of carbonyl (C=O) groups excluding carboxylic acids is 1. The minimum absolute atomic E-state index is 0.0234. The first-order valence-corrected chi connectivity index (χ1v) is 6.87. The molecule has 2 rings (SSSR count). The maximum absolute atomic E-state index is 12.1. The van der Waals surface area contributed by atoms with Gasteiger partial charge in [0.1, 0.15) is 5.75 Å². The lowest BCUT2D eigenvalue weighted by Gasteiger charge is -2.23. The molecule has 1 aliphatic rings. The molecule has 1 aromatic rings. The van der Waals surface area contributed by atoms with Crippen molar-refractivity contribution in [1.29, 1.82) is 0 Å². The molecule has 0 bridgehead atoms. The van der Waals surface area contributed by atoms with Crippen LogP contribution in [-0.4, -0.2) is 48.0 Å². The van der Waals surface area contributed by atoms with E-state index in [0.29, 0.717) is 12.2 Å². The van der Waals surface area contributed by atoms with Gasteiger partial charge in [-0.2, -0.15) is 13.2 Å². The number of benzene rings is 1. The second-order valence-corrected chi connectivity index (χ2v) is 5.03. The van der Waals surface area contributed by atoms with Crippen LogP contribution < -0.4 is 10.1 Å². The zero-order valence-corrected chi connectivity index (χ0v) is 11.8. The lowest BCUT2D eigenvalue weighted by Crippen LogP contribution is -2.40. The van der Waals surface area contributed by atoms with Crippen molar-refractivity contribution < 1.29 is 27.8 Å². The number of hydrogen-bond acceptors (Lipinski definition) is 3. The van der Waals surface area contributed by atoms with Gasteiger partial charge in [0.15, 0.2) is 6.61 Å². The van der Waals surface area contributed by atoms with E-state index in [2.05, 4.69) is 10.1 Å². The molecule has 0 spiro atoms. The van der Waals surface area contributed by atoms with Gasteiger partial charge in [0.25, 0.3) is 0 Å². The number of carbonyl (C=O) groups is 1. The molecule has 0 radical (unpaired) electrons. The highest BCUT2D eigenvalue weighted by atomic mass is 19.4. The predicted molar refractivity (Wildman–Crippen MR) is 73.8 cm³/mol. The number of rotatable bonds is 4. The average Bonchev–Trinajstić information content (AvgIpc) is 2.93. The Kier molecular flexibility index (Phi) is 5.12. The fourth-order valence-electron chi connectivity index (χ4n) is 2.32. The topological polar surface area (TPSA) is 61.8 Å². The Labute approximate surface area is 125 Å². The first-order valence-electron chi connectivity index (χ1n) is 6.87. The molecule has 1 saturated heterocycles. The number of nitrogens with zero attached hydrogens (tertiary/aromatic N) is 1. The predicted octanol–water partition coefficient (Wildman–Crippen LogP) is 2.62. The molecular weight excluding hydrogens is 301 g/mol. The van der Waals surface area contributed by atoms with E-state index in [1.54, 1.807) is 6.07 Å². The standard InChI is InChI=1S/C14H17F3N2O3/c15-14(16,17)9-22-12-5-1-3-10(7-12)18-13(21)19-6-2-4-11(19)8-20/h1,3,5,7,11,20H,2,4,6,8-9H2,(H,18,21)/t11-/m0/s1. The molecule has 1 fully saturated rings. The summed E-state index contributed by atoms with van der Waals surface area (Å²) < 4.78 is 41.0. The van der Waals surface area contributed by atoms with Crippen molar-refractivity contribution in [3.63, 3.8) is 0 Å². The van der Waals surface area contributed by atoms with Crippen molar-refractivity contribution in [3.05, 3.63) is 24.3 Å². The highest BCUT2D eigenvalue weighted by Crippen LogP contribution is 2.23. The van der Waals surface area contributed by atoms with E-state index < -0.39 is 12.8 Å². The minimum Gasteiger partial charge on any atom is -0.484 e. The Bertz CT molecular complexity index is 522. The summed E-state index contributed by atoms with van der Waals surface area (Å²) in [5.74, 6) is 0.0234. The van der Waals surface area contributed by atoms with E-state index in [-0.39, 0.29) is 24.4 Å². The fourth-order valence-corrected chi connectivity index (χ4v) is 2.32. The van der Waals surface area contributed by atoms with Crippen LogP contribution in [0, 0.1) is 0 Å². The van der Waals surface area contributed by atoms with Gasteiger partial charge in [-0.15, -0.1) is 0 Å². The van der Waals surface area contributed by atoms with Crippen molar-refractivity contribution in [2.24, 2.45) is 0 Å². The molecule has 1 heterocycles. The van der Waals surface area contributed by atoms with E-state index in [0.717, 1.165) is 12.8 Å². The number of hydrogen-bond donors (Lipinski definition) is 2. The molecule has 2 N–H and O–H groups in total. The molecule has 0 saturated carbocycles. The van der Waals surface area contributed by atoms with Crippen molar-refractivity contribution >= 4 is 11.7 Å². The van der Waals surface area contributed by atoms with Gasteiger partial charge in [-0.3, -0.25) is 0 Å². The van der Waals surface area contributed by atoms with Gasteiger partial charge in [0.05, 0.1) is 12.6 Å². The van der Waals surface area contributed by atoms with Gasteiger partial charge in [-0.05, 0) is 25.0 Å². The lowest BCUT2D eigenvalue weighted by molar-refractivity contribution is -0.153. The Morgan fingerprint density at radius 3 is 2.91 bits per heavy atom. The molecular formula is C14H17F3N2O3. The Morgan fingerprint density at radius 1 is 1.45 bits per heavy atom. The molecule has 1 atom stereocenters. The number of halogens is 3. The van der Waals surface area contributed by atoms with Crippen LogP contribution in [0.1, 0.15) is 12.8 Å². The van der Waals surface area contributed by atoms with E-state index in [4.69, 9.17) is 0 Å². The van der Waals surface area contributed by atoms with E-state index >= 15 is 0 Å². The summed E-state index contributed by atoms with van der Waals surface area (Å²) in [7, 11) is 0. The van der Waals surface area contributed by atoms with Crippen LogP contribution in [0.2, 0.25) is 0 Å². The molecule has 122 valence electrons. The number of amides is 2. The molecule has 0 aliphatic carbocycles. The summed E-state index contributed by atoms with van der Waals surface area (Å²) in [4.78, 5) is 13.6. The zero-order chi connectivity index (χ0) is 16.2. The van der Waals surface area contributed by atoms with Gasteiger partial charge in [0.2, 0.25) is 0 Å². The van der Waals surface area contributed by atoms with Crippen molar-refractivity contribution in [1.82, 2.24) is 4.90 Å². The Balaban J connectivity index is 1.96. The molecule has 5 nitrogen and oxygen atoms in total. The van der Waals surface area contributed by atoms with E-state index in [1.807, 2.05) is 0 Å². The van der Waals surface area contributed by atoms with Crippen molar-refractivity contribution in [2.75, 3.05) is 25.1 Å². The third-order valence-corrected chi connectivity index (χ3v) is 3.34. The quantitative estimate of drug-likeness (QED) is 0.897. The lowest BCUT2D eigenvalue weighted by atomic mass is 10.2. The number of likely N-dealkylation sites (tertiary alicyclic amines) is 1. The van der Waals surface area contributed by atoms with Gasteiger partial charge in [-0.25, -0.2) is 4.79 Å². The van der Waals surface area contributed by atoms with Crippen LogP contribution in [0.5, 0.6) is 5.75 Å². The molecule has 8 heteroatoms. The molecule has 2 amide bonds. The maximum Gasteiger partial charge on any atom is 0.422 e. The summed E-state index contributed by atoms with van der Waals surface area (Å²) >= 11 is 0. The monoisotopic (exact) mass is 318 g/mol. The first-order chi connectivity index (χ1) is 10.4. The zero-order valence-electron chi connectivity index (χ0n) is 11.8. The molecule has 22 heavy (non-hydrogen) atoms. The highest BCUT2D eigenvalue weighted by molar-refractivity contribution is 5.89. The molecule has 0 unspecified atom stereocenters. The Morgan fingerprint density at radius 2 is 2.23 bits per heavy atom. The number of alkyl halides is 3. The van der Waals surface area contributed by atoms with Crippen LogP contribution in [0.3, 0.4) is 0 Å². The summed E-state index contributed by atoms with van der Waals surface area (Å²) in [6, 6.07) is 5.16. The third kappa shape index (κ3) is 4.52. The smallest absolute Gasteiger partial charge is 0.422 e. The number of nitrogens with one attached hydrogen (secondary N) is 1. The van der Waals surface area contributed by atoms with Crippen LogP contribution in [0.25, 0.3) is 0 Å². The minimum atomic E-state index is -4.41. The summed E-state index contributed by atoms with van der Waals surface area (Å²) in [5.41, 5.74) is 0.341. The van der Waals surface area contributed by atoms with Crippen LogP contribution in [0.15, 0.2) is 24.3 Å². The highest BCUT2D eigenvalue weighted by Gasteiger charge is 2.29. The van der Waals surface area contributed by atoms with Crippen LogP contribution in [0.4, 0.5) is 23.7 Å². The largest absolute Gasteiger partial charge is 0.484 e. The number of aliphatic hydroxyl groups is 1. The van der Waals surface area contributed by atoms with Gasteiger partial charge >= 0.3 is 12.2 Å². The van der Waals surface area contributed by atoms with Gasteiger partial charge < -0.3 is 20.1 Å². The number of urea groups is 1. The summed E-state index contributed by atoms with van der Waals surface area (Å²) in [6.45, 7) is -0.952. The second-order valence-electron chi connectivity index (χ2n) is 5.03. The average molecular weight is 318 g/mol. The van der Waals surface area contributed by atoms with Crippen molar-refractivity contribution in [2.45, 2.75) is 25.1 Å². The van der Waals surface area contributed by atoms with E-state index in [9.17, 15) is 23.1 Å². The summed E-state index contributed by atoms with van der Waals surface area (Å²) in [5, 5.41) is 11.8. The molecule has 1 aliphatic heterocycles. The second kappa shape index (κ2) is 6.87. The normalized spacial score (nSPS) is 18.4. The molecule has 0 aromatic heterocycles. The number of ether oxygens (including phenoxy) is 1. The van der Waals surface area contributed by atoms with Gasteiger partial charge in [0, 0.05) is 18.3 Å². The number of anilines is 1. The van der Waals surface area contributed by atoms with Crippen LogP contribution >= 0.6 is 0 Å². The SMILES string of the molecule is O=C(Nc1cccc(OCC(F)(F)F)c1)N1CCC[C@H]1CO. The molecule has 1 aromatic carbocycles.